The second-order valence-electron chi connectivity index (χ2n) is 6.90. The van der Waals surface area contributed by atoms with Crippen LogP contribution >= 0.6 is 11.3 Å². The first-order chi connectivity index (χ1) is 11.9. The van der Waals surface area contributed by atoms with Crippen LogP contribution in [-0.4, -0.2) is 18.4 Å². The van der Waals surface area contributed by atoms with E-state index in [-0.39, 0.29) is 18.4 Å². The van der Waals surface area contributed by atoms with Crippen LogP contribution in [0.5, 0.6) is 0 Å². The van der Waals surface area contributed by atoms with Crippen molar-refractivity contribution in [3.8, 4) is 0 Å². The molecule has 1 atom stereocenters. The minimum Gasteiger partial charge on any atom is -0.342 e. The number of thiophene rings is 1. The van der Waals surface area contributed by atoms with Gasteiger partial charge in [-0.15, -0.1) is 11.3 Å². The zero-order valence-electron chi connectivity index (χ0n) is 14.9. The monoisotopic (exact) mass is 356 g/mol. The summed E-state index contributed by atoms with van der Waals surface area (Å²) < 4.78 is 0. The smallest absolute Gasteiger partial charge is 0.261 e. The zero-order chi connectivity index (χ0) is 18.0. The maximum atomic E-state index is 12.4. The van der Waals surface area contributed by atoms with Crippen LogP contribution in [0.25, 0.3) is 0 Å². The Morgan fingerprint density at radius 2 is 1.96 bits per heavy atom. The summed E-state index contributed by atoms with van der Waals surface area (Å²) in [5.41, 5.74) is 4.15. The van der Waals surface area contributed by atoms with E-state index in [4.69, 9.17) is 0 Å². The summed E-state index contributed by atoms with van der Waals surface area (Å²) in [4.78, 5) is 26.6. The van der Waals surface area contributed by atoms with E-state index in [9.17, 15) is 9.59 Å². The second-order valence-corrected chi connectivity index (χ2v) is 8.04. The van der Waals surface area contributed by atoms with Gasteiger partial charge in [-0.3, -0.25) is 9.59 Å². The van der Waals surface area contributed by atoms with Gasteiger partial charge in [-0.1, -0.05) is 25.1 Å². The summed E-state index contributed by atoms with van der Waals surface area (Å²) in [6, 6.07) is 7.87. The summed E-state index contributed by atoms with van der Waals surface area (Å²) in [7, 11) is 0. The van der Waals surface area contributed by atoms with E-state index in [1.54, 1.807) is 11.3 Å². The molecule has 25 heavy (non-hydrogen) atoms. The van der Waals surface area contributed by atoms with Crippen molar-refractivity contribution in [2.45, 2.75) is 40.0 Å². The third-order valence-corrected chi connectivity index (χ3v) is 5.94. The lowest BCUT2D eigenvalue weighted by Crippen LogP contribution is -2.32. The molecule has 0 radical (unpaired) electrons. The van der Waals surface area contributed by atoms with E-state index in [2.05, 4.69) is 17.6 Å². The Hall–Kier alpha value is -2.14. The molecule has 0 spiro atoms. The maximum Gasteiger partial charge on any atom is 0.261 e. The van der Waals surface area contributed by atoms with E-state index >= 15 is 0 Å². The van der Waals surface area contributed by atoms with Crippen LogP contribution in [0.4, 0.5) is 5.69 Å². The molecular formula is C20H24N2O2S. The summed E-state index contributed by atoms with van der Waals surface area (Å²) in [5.74, 6) is 0.311. The number of hydrogen-bond acceptors (Lipinski definition) is 3. The van der Waals surface area contributed by atoms with Crippen LogP contribution in [0.2, 0.25) is 0 Å². The highest BCUT2D eigenvalue weighted by Crippen LogP contribution is 2.32. The van der Waals surface area contributed by atoms with Crippen LogP contribution in [-0.2, 0) is 17.6 Å². The molecule has 2 aromatic rings. The first-order valence-corrected chi connectivity index (χ1v) is 9.51. The van der Waals surface area contributed by atoms with Crippen molar-refractivity contribution >= 4 is 28.8 Å². The molecule has 1 aliphatic carbocycles. The van der Waals surface area contributed by atoms with Gasteiger partial charge in [-0.25, -0.2) is 0 Å². The fraction of sp³-hybridized carbons (Fsp3) is 0.400. The zero-order valence-corrected chi connectivity index (χ0v) is 15.8. The van der Waals surface area contributed by atoms with Gasteiger partial charge in [0.1, 0.15) is 0 Å². The number of amides is 2. The van der Waals surface area contributed by atoms with Gasteiger partial charge in [0.2, 0.25) is 5.91 Å². The molecule has 1 unspecified atom stereocenters. The highest BCUT2D eigenvalue weighted by Gasteiger charge is 2.21. The van der Waals surface area contributed by atoms with Crippen molar-refractivity contribution in [2.24, 2.45) is 5.92 Å². The number of para-hydroxylation sites is 1. The highest BCUT2D eigenvalue weighted by atomic mass is 32.1. The lowest BCUT2D eigenvalue weighted by Gasteiger charge is -2.16. The number of nitrogens with one attached hydrogen (secondary N) is 2. The Kier molecular flexibility index (Phi) is 5.23. The number of fused-ring (bicyclic) bond motifs is 1. The van der Waals surface area contributed by atoms with Crippen molar-refractivity contribution in [3.63, 3.8) is 0 Å². The molecule has 1 heterocycles. The summed E-state index contributed by atoms with van der Waals surface area (Å²) in [5, 5.41) is 5.63. The Labute approximate surface area is 152 Å². The quantitative estimate of drug-likeness (QED) is 0.874. The minimum absolute atomic E-state index is 0.0222. The van der Waals surface area contributed by atoms with Gasteiger partial charge in [0.05, 0.1) is 11.4 Å². The molecule has 3 rings (SSSR count). The number of carbonyl (C=O) groups excluding carboxylic acids is 2. The molecule has 5 heteroatoms. The molecule has 132 valence electrons. The molecule has 2 N–H and O–H groups in total. The van der Waals surface area contributed by atoms with E-state index in [0.717, 1.165) is 29.7 Å². The van der Waals surface area contributed by atoms with Crippen LogP contribution in [0.3, 0.4) is 0 Å². The molecule has 0 fully saturated rings. The topological polar surface area (TPSA) is 58.2 Å². The van der Waals surface area contributed by atoms with Gasteiger partial charge >= 0.3 is 0 Å². The number of rotatable bonds is 4. The molecule has 0 saturated heterocycles. The molecule has 2 amide bonds. The normalized spacial score (nSPS) is 16.2. The summed E-state index contributed by atoms with van der Waals surface area (Å²) >= 11 is 1.56. The van der Waals surface area contributed by atoms with Crippen molar-refractivity contribution in [1.29, 1.82) is 0 Å². The van der Waals surface area contributed by atoms with Crippen molar-refractivity contribution in [3.05, 3.63) is 50.7 Å². The summed E-state index contributed by atoms with van der Waals surface area (Å²) in [6.45, 7) is 6.14. The van der Waals surface area contributed by atoms with E-state index < -0.39 is 0 Å². The average molecular weight is 356 g/mol. The van der Waals surface area contributed by atoms with Crippen LogP contribution in [0, 0.1) is 19.8 Å². The predicted octanol–water partition coefficient (Wildman–Crippen LogP) is 3.86. The fourth-order valence-corrected chi connectivity index (χ4v) is 4.39. The van der Waals surface area contributed by atoms with Gasteiger partial charge in [0.15, 0.2) is 0 Å². The molecule has 0 saturated carbocycles. The van der Waals surface area contributed by atoms with E-state index in [0.29, 0.717) is 10.8 Å². The van der Waals surface area contributed by atoms with Crippen molar-refractivity contribution in [1.82, 2.24) is 5.32 Å². The number of aryl methyl sites for hydroxylation is 3. The lowest BCUT2D eigenvalue weighted by atomic mass is 9.90. The van der Waals surface area contributed by atoms with Gasteiger partial charge in [-0.05, 0) is 61.8 Å². The van der Waals surface area contributed by atoms with Crippen LogP contribution in [0.15, 0.2) is 24.3 Å². The first kappa shape index (κ1) is 17.7. The largest absolute Gasteiger partial charge is 0.342 e. The van der Waals surface area contributed by atoms with Gasteiger partial charge in [0.25, 0.3) is 5.91 Å². The third-order valence-electron chi connectivity index (χ3n) is 4.71. The lowest BCUT2D eigenvalue weighted by molar-refractivity contribution is -0.115. The summed E-state index contributed by atoms with van der Waals surface area (Å²) in [6.07, 6.45) is 3.29. The molecule has 0 aliphatic heterocycles. The van der Waals surface area contributed by atoms with Crippen molar-refractivity contribution < 1.29 is 9.59 Å². The number of hydrogen-bond donors (Lipinski definition) is 2. The Balaban J connectivity index is 1.58. The third kappa shape index (κ3) is 4.10. The fourth-order valence-electron chi connectivity index (χ4n) is 3.26. The van der Waals surface area contributed by atoms with Crippen LogP contribution in [0.1, 0.15) is 44.6 Å². The number of carbonyl (C=O) groups is 2. The highest BCUT2D eigenvalue weighted by molar-refractivity contribution is 7.14. The molecule has 0 bridgehead atoms. The van der Waals surface area contributed by atoms with Crippen LogP contribution < -0.4 is 10.6 Å². The van der Waals surface area contributed by atoms with Crippen molar-refractivity contribution in [2.75, 3.05) is 11.9 Å². The Bertz CT molecular complexity index is 790. The molecule has 1 aromatic carbocycles. The van der Waals surface area contributed by atoms with Gasteiger partial charge in [-0.2, -0.15) is 0 Å². The number of anilines is 1. The van der Waals surface area contributed by atoms with Gasteiger partial charge < -0.3 is 10.6 Å². The molecule has 4 nitrogen and oxygen atoms in total. The molecule has 1 aromatic heterocycles. The standard InChI is InChI=1S/C20H24N2O2S/c1-12-7-8-16-15(9-12)10-17(25-16)20(24)21-11-18(23)22-19-13(2)5-4-6-14(19)3/h4-6,10,12H,7-9,11H2,1-3H3,(H,21,24)(H,22,23). The average Bonchev–Trinajstić information content (AvgIpc) is 2.99. The molecule has 1 aliphatic rings. The first-order valence-electron chi connectivity index (χ1n) is 8.70. The minimum atomic E-state index is -0.208. The van der Waals surface area contributed by atoms with E-state index in [1.165, 1.54) is 16.9 Å². The van der Waals surface area contributed by atoms with Gasteiger partial charge in [0, 0.05) is 10.6 Å². The molecular weight excluding hydrogens is 332 g/mol. The Morgan fingerprint density at radius 3 is 2.68 bits per heavy atom. The maximum absolute atomic E-state index is 12.4. The second kappa shape index (κ2) is 7.40. The van der Waals surface area contributed by atoms with E-state index in [1.807, 2.05) is 38.1 Å². The Morgan fingerprint density at radius 1 is 1.24 bits per heavy atom. The number of benzene rings is 1. The predicted molar refractivity (Wildman–Crippen MR) is 102 cm³/mol. The SMILES string of the molecule is Cc1cccc(C)c1NC(=O)CNC(=O)c1cc2c(s1)CCC(C)C2.